The fourth-order valence-corrected chi connectivity index (χ4v) is 2.08. The Kier molecular flexibility index (Phi) is 6.60. The maximum atomic E-state index is 11.8. The molecule has 1 aromatic carbocycles. The van der Waals surface area contributed by atoms with Gasteiger partial charge in [0.25, 0.3) is 0 Å². The van der Waals surface area contributed by atoms with Crippen LogP contribution >= 0.6 is 27.5 Å². The molecule has 0 bridgehead atoms. The van der Waals surface area contributed by atoms with Crippen LogP contribution in [0.15, 0.2) is 18.2 Å². The van der Waals surface area contributed by atoms with Gasteiger partial charge in [-0.1, -0.05) is 28.1 Å². The van der Waals surface area contributed by atoms with Crippen molar-refractivity contribution in [3.8, 4) is 0 Å². The molecule has 0 saturated heterocycles. The van der Waals surface area contributed by atoms with E-state index in [0.29, 0.717) is 18.1 Å². The predicted molar refractivity (Wildman–Crippen MR) is 74.1 cm³/mol. The van der Waals surface area contributed by atoms with Crippen molar-refractivity contribution in [2.45, 2.75) is 25.1 Å². The zero-order valence-corrected chi connectivity index (χ0v) is 12.2. The predicted octanol–water partition coefficient (Wildman–Crippen LogP) is 3.93. The zero-order chi connectivity index (χ0) is 12.7. The van der Waals surface area contributed by atoms with Gasteiger partial charge in [-0.3, -0.25) is 0 Å². The van der Waals surface area contributed by atoms with Crippen molar-refractivity contribution in [1.82, 2.24) is 0 Å². The highest BCUT2D eigenvalue weighted by molar-refractivity contribution is 9.08. The minimum Gasteiger partial charge on any atom is -0.462 e. The van der Waals surface area contributed by atoms with Crippen molar-refractivity contribution in [2.75, 3.05) is 12.5 Å². The van der Waals surface area contributed by atoms with Gasteiger partial charge >= 0.3 is 5.97 Å². The van der Waals surface area contributed by atoms with Crippen LogP contribution in [-0.4, -0.2) is 18.5 Å². The lowest BCUT2D eigenvalue weighted by atomic mass is 10.0. The van der Waals surface area contributed by atoms with Crippen molar-refractivity contribution < 1.29 is 9.53 Å². The second kappa shape index (κ2) is 7.72. The van der Waals surface area contributed by atoms with Crippen LogP contribution in [0.4, 0.5) is 0 Å². The standard InChI is InChI=1S/C13H16BrClO2/c1-2-17-13(16)12-6-5-10(9-14)8-11(12)4-3-7-15/h5-6,8H,2-4,7,9H2,1H3. The highest BCUT2D eigenvalue weighted by Gasteiger charge is 2.12. The third-order valence-electron chi connectivity index (χ3n) is 2.40. The number of esters is 1. The molecule has 0 spiro atoms. The lowest BCUT2D eigenvalue weighted by Gasteiger charge is -2.09. The first kappa shape index (κ1) is 14.5. The van der Waals surface area contributed by atoms with Crippen LogP contribution in [0.3, 0.4) is 0 Å². The summed E-state index contributed by atoms with van der Waals surface area (Å²) in [7, 11) is 0. The Bertz CT molecular complexity index is 380. The molecule has 4 heteroatoms. The van der Waals surface area contributed by atoms with E-state index in [2.05, 4.69) is 15.9 Å². The summed E-state index contributed by atoms with van der Waals surface area (Å²) in [5, 5.41) is 0.782. The van der Waals surface area contributed by atoms with E-state index in [1.54, 1.807) is 0 Å². The molecule has 17 heavy (non-hydrogen) atoms. The van der Waals surface area contributed by atoms with E-state index in [1.807, 2.05) is 25.1 Å². The average molecular weight is 320 g/mol. The Labute approximate surface area is 115 Å². The number of carbonyl (C=O) groups is 1. The highest BCUT2D eigenvalue weighted by Crippen LogP contribution is 2.17. The number of benzene rings is 1. The largest absolute Gasteiger partial charge is 0.462 e. The summed E-state index contributed by atoms with van der Waals surface area (Å²) in [6.07, 6.45) is 1.66. The molecule has 0 aromatic heterocycles. The molecule has 0 atom stereocenters. The van der Waals surface area contributed by atoms with Gasteiger partial charge in [0.05, 0.1) is 12.2 Å². The first-order valence-corrected chi connectivity index (χ1v) is 7.29. The fourth-order valence-electron chi connectivity index (χ4n) is 1.60. The van der Waals surface area contributed by atoms with Crippen molar-refractivity contribution in [1.29, 1.82) is 0 Å². The number of hydrogen-bond acceptors (Lipinski definition) is 2. The molecule has 0 saturated carbocycles. The van der Waals surface area contributed by atoms with Crippen LogP contribution in [0.5, 0.6) is 0 Å². The van der Waals surface area contributed by atoms with E-state index < -0.39 is 0 Å². The second-order valence-corrected chi connectivity index (χ2v) is 4.58. The quantitative estimate of drug-likeness (QED) is 0.586. The van der Waals surface area contributed by atoms with Crippen LogP contribution in [0.25, 0.3) is 0 Å². The van der Waals surface area contributed by atoms with Gasteiger partial charge in [-0.05, 0) is 37.0 Å². The van der Waals surface area contributed by atoms with Crippen LogP contribution in [0.1, 0.15) is 34.8 Å². The second-order valence-electron chi connectivity index (χ2n) is 3.64. The lowest BCUT2D eigenvalue weighted by molar-refractivity contribution is 0.0525. The SMILES string of the molecule is CCOC(=O)c1ccc(CBr)cc1CCCCl. The van der Waals surface area contributed by atoms with Crippen molar-refractivity contribution in [3.05, 3.63) is 34.9 Å². The Morgan fingerprint density at radius 3 is 2.82 bits per heavy atom. The minimum absolute atomic E-state index is 0.252. The number of hydrogen-bond donors (Lipinski definition) is 0. The maximum Gasteiger partial charge on any atom is 0.338 e. The van der Waals surface area contributed by atoms with Crippen molar-refractivity contribution in [2.24, 2.45) is 0 Å². The van der Waals surface area contributed by atoms with Gasteiger partial charge in [0, 0.05) is 11.2 Å². The lowest BCUT2D eigenvalue weighted by Crippen LogP contribution is -2.09. The maximum absolute atomic E-state index is 11.8. The normalized spacial score (nSPS) is 10.3. The van der Waals surface area contributed by atoms with E-state index in [-0.39, 0.29) is 5.97 Å². The smallest absolute Gasteiger partial charge is 0.338 e. The van der Waals surface area contributed by atoms with Crippen LogP contribution in [-0.2, 0) is 16.5 Å². The monoisotopic (exact) mass is 318 g/mol. The van der Waals surface area contributed by atoms with Gasteiger partial charge in [0.2, 0.25) is 0 Å². The van der Waals surface area contributed by atoms with E-state index in [1.165, 1.54) is 0 Å². The molecule has 0 heterocycles. The zero-order valence-electron chi connectivity index (χ0n) is 9.84. The average Bonchev–Trinajstić information content (AvgIpc) is 2.36. The number of ether oxygens (including phenoxy) is 1. The summed E-state index contributed by atoms with van der Waals surface area (Å²) in [6, 6.07) is 5.80. The number of halogens is 2. The van der Waals surface area contributed by atoms with Crippen molar-refractivity contribution >= 4 is 33.5 Å². The van der Waals surface area contributed by atoms with Gasteiger partial charge in [0.1, 0.15) is 0 Å². The molecule has 1 aromatic rings. The molecule has 0 fully saturated rings. The van der Waals surface area contributed by atoms with E-state index in [4.69, 9.17) is 16.3 Å². The summed E-state index contributed by atoms with van der Waals surface area (Å²) in [4.78, 5) is 11.8. The van der Waals surface area contributed by atoms with Gasteiger partial charge < -0.3 is 4.74 Å². The third-order valence-corrected chi connectivity index (χ3v) is 3.31. The van der Waals surface area contributed by atoms with E-state index in [9.17, 15) is 4.79 Å². The number of rotatable bonds is 6. The molecule has 1 rings (SSSR count). The molecular formula is C13H16BrClO2. The third kappa shape index (κ3) is 4.32. The summed E-state index contributed by atoms with van der Waals surface area (Å²) >= 11 is 9.10. The topological polar surface area (TPSA) is 26.3 Å². The summed E-state index contributed by atoms with van der Waals surface area (Å²) in [6.45, 7) is 2.21. The molecule has 0 aliphatic rings. The number of carbonyl (C=O) groups excluding carboxylic acids is 1. The van der Waals surface area contributed by atoms with Crippen LogP contribution in [0.2, 0.25) is 0 Å². The van der Waals surface area contributed by atoms with E-state index in [0.717, 1.165) is 29.3 Å². The van der Waals surface area contributed by atoms with Gasteiger partial charge in [-0.15, -0.1) is 11.6 Å². The van der Waals surface area contributed by atoms with Crippen LogP contribution in [0, 0.1) is 0 Å². The summed E-state index contributed by atoms with van der Waals surface area (Å²) in [5.41, 5.74) is 2.82. The first-order valence-electron chi connectivity index (χ1n) is 5.63. The Hall–Kier alpha value is -0.540. The Balaban J connectivity index is 2.97. The molecule has 0 unspecified atom stereocenters. The number of alkyl halides is 2. The van der Waals surface area contributed by atoms with E-state index >= 15 is 0 Å². The molecule has 0 N–H and O–H groups in total. The van der Waals surface area contributed by atoms with Crippen molar-refractivity contribution in [3.63, 3.8) is 0 Å². The first-order chi connectivity index (χ1) is 8.22. The highest BCUT2D eigenvalue weighted by atomic mass is 79.9. The van der Waals surface area contributed by atoms with Crippen LogP contribution < -0.4 is 0 Å². The van der Waals surface area contributed by atoms with Gasteiger partial charge in [0.15, 0.2) is 0 Å². The summed E-state index contributed by atoms with van der Waals surface area (Å²) in [5.74, 6) is 0.346. The molecular weight excluding hydrogens is 303 g/mol. The molecule has 0 aliphatic heterocycles. The molecule has 0 radical (unpaired) electrons. The Morgan fingerprint density at radius 2 is 2.24 bits per heavy atom. The summed E-state index contributed by atoms with van der Waals surface area (Å²) < 4.78 is 5.04. The minimum atomic E-state index is -0.252. The van der Waals surface area contributed by atoms with Gasteiger partial charge in [-0.2, -0.15) is 0 Å². The fraction of sp³-hybridized carbons (Fsp3) is 0.462. The molecule has 0 amide bonds. The van der Waals surface area contributed by atoms with Gasteiger partial charge in [-0.25, -0.2) is 4.79 Å². The molecule has 2 nitrogen and oxygen atoms in total. The Morgan fingerprint density at radius 1 is 1.47 bits per heavy atom. The number of aryl methyl sites for hydroxylation is 1. The molecule has 94 valence electrons. The molecule has 0 aliphatic carbocycles.